The molecule has 0 spiro atoms. The summed E-state index contributed by atoms with van der Waals surface area (Å²) in [6, 6.07) is 8.25. The van der Waals surface area contributed by atoms with Gasteiger partial charge in [0.15, 0.2) is 0 Å². The minimum atomic E-state index is -5.17. The van der Waals surface area contributed by atoms with E-state index in [1.807, 2.05) is 6.07 Å². The van der Waals surface area contributed by atoms with Crippen molar-refractivity contribution in [2.24, 2.45) is 28.6 Å². The Morgan fingerprint density at radius 1 is 1.13 bits per heavy atom. The van der Waals surface area contributed by atoms with E-state index in [2.05, 4.69) is 78.0 Å². The summed E-state index contributed by atoms with van der Waals surface area (Å²) in [5, 5.41) is 11.3. The summed E-state index contributed by atoms with van der Waals surface area (Å²) in [6.45, 7) is 14.2. The van der Waals surface area contributed by atoms with Crippen LogP contribution in [0.3, 0.4) is 0 Å². The molecule has 0 radical (unpaired) electrons. The summed E-state index contributed by atoms with van der Waals surface area (Å²) in [5.41, 5.74) is 3.15. The number of hydrogen-bond donors (Lipinski definition) is 1. The zero-order chi connectivity index (χ0) is 28.4. The van der Waals surface area contributed by atoms with E-state index in [0.29, 0.717) is 22.7 Å². The Balaban J connectivity index is 0.000000816. The molecule has 39 heavy (non-hydrogen) atoms. The standard InChI is InChI=1S/C31H46O2.Na.H2O4S/c1-22-14-15-28-29(3,4)17-10-19-31(28,6)25(22)21-26(32)23(2)11-9-18-30(5)20-16-24-12-7-8-13-27(24)33-30;;1-5(2,3)4/h7-8,12-14,16,20,23,25-26,28,32H,9-11,15,17-19,21H2,1-6H3;;(H2,1,2,3,4)/q;+1;/p-2. The van der Waals surface area contributed by atoms with Crippen molar-refractivity contribution in [1.29, 1.82) is 0 Å². The first kappa shape index (κ1) is 34.5. The third kappa shape index (κ3) is 9.16. The molecule has 0 saturated heterocycles. The second-order valence-corrected chi connectivity index (χ2v) is 13.8. The number of fused-ring (bicyclic) bond motifs is 2. The predicted molar refractivity (Wildman–Crippen MR) is 150 cm³/mol. The van der Waals surface area contributed by atoms with E-state index in [9.17, 15) is 5.11 Å². The Kier molecular flexibility index (Phi) is 12.0. The van der Waals surface area contributed by atoms with Gasteiger partial charge in [0.1, 0.15) is 11.4 Å². The van der Waals surface area contributed by atoms with E-state index in [1.54, 1.807) is 0 Å². The van der Waals surface area contributed by atoms with Gasteiger partial charge < -0.3 is 18.9 Å². The molecule has 1 fully saturated rings. The maximum absolute atomic E-state index is 11.3. The second kappa shape index (κ2) is 13.5. The van der Waals surface area contributed by atoms with Crippen molar-refractivity contribution in [3.05, 3.63) is 47.6 Å². The number of benzene rings is 1. The fraction of sp³-hybridized carbons (Fsp3) is 0.677. The quantitative estimate of drug-likeness (QED) is 0.231. The Morgan fingerprint density at radius 3 is 2.44 bits per heavy atom. The van der Waals surface area contributed by atoms with Gasteiger partial charge in [0.25, 0.3) is 0 Å². The summed E-state index contributed by atoms with van der Waals surface area (Å²) >= 11 is 0. The topological polar surface area (TPSA) is 110 Å². The molecule has 1 aromatic carbocycles. The number of allylic oxidation sites excluding steroid dienone is 2. The van der Waals surface area contributed by atoms with Gasteiger partial charge in [0.05, 0.1) is 6.10 Å². The summed E-state index contributed by atoms with van der Waals surface area (Å²) in [7, 11) is -5.17. The molecule has 1 aliphatic heterocycles. The molecule has 2 aliphatic carbocycles. The van der Waals surface area contributed by atoms with E-state index >= 15 is 0 Å². The molecule has 4 rings (SSSR count). The van der Waals surface area contributed by atoms with Gasteiger partial charge in [-0.15, -0.1) is 0 Å². The van der Waals surface area contributed by atoms with Crippen LogP contribution < -0.4 is 34.3 Å². The molecule has 8 heteroatoms. The van der Waals surface area contributed by atoms with Gasteiger partial charge >= 0.3 is 29.6 Å². The van der Waals surface area contributed by atoms with Crippen LogP contribution in [-0.2, 0) is 10.4 Å². The minimum absolute atomic E-state index is 0. The summed E-state index contributed by atoms with van der Waals surface area (Å²) in [6.07, 6.45) is 15.8. The van der Waals surface area contributed by atoms with Gasteiger partial charge in [0, 0.05) is 16.0 Å². The molecule has 6 nitrogen and oxygen atoms in total. The molecule has 0 aromatic heterocycles. The van der Waals surface area contributed by atoms with Crippen LogP contribution in [0, 0.1) is 28.6 Å². The third-order valence-electron chi connectivity index (χ3n) is 9.64. The molecule has 6 unspecified atom stereocenters. The van der Waals surface area contributed by atoms with Crippen LogP contribution in [0.15, 0.2) is 42.0 Å². The Hall–Kier alpha value is -0.670. The number of aliphatic hydroxyl groups excluding tert-OH is 1. The molecule has 1 aromatic rings. The number of aliphatic hydroxyl groups is 1. The van der Waals surface area contributed by atoms with Gasteiger partial charge in [0.2, 0.25) is 0 Å². The monoisotopic (exact) mass is 569 g/mol. The molecule has 0 amide bonds. The van der Waals surface area contributed by atoms with Crippen molar-refractivity contribution in [3.63, 3.8) is 0 Å². The van der Waals surface area contributed by atoms with Crippen molar-refractivity contribution in [3.8, 4) is 5.75 Å². The number of para-hydroxylation sites is 1. The summed E-state index contributed by atoms with van der Waals surface area (Å²) < 4.78 is 40.4. The average molecular weight is 570 g/mol. The Morgan fingerprint density at radius 2 is 1.77 bits per heavy atom. The fourth-order valence-corrected chi connectivity index (χ4v) is 7.43. The van der Waals surface area contributed by atoms with Crippen LogP contribution in [0.2, 0.25) is 0 Å². The molecule has 1 heterocycles. The summed E-state index contributed by atoms with van der Waals surface area (Å²) in [5.74, 6) is 2.52. The van der Waals surface area contributed by atoms with Gasteiger partial charge in [-0.05, 0) is 99.5 Å². The second-order valence-electron chi connectivity index (χ2n) is 13.0. The molecule has 214 valence electrons. The zero-order valence-corrected chi connectivity index (χ0v) is 27.7. The van der Waals surface area contributed by atoms with Crippen LogP contribution in [0.25, 0.3) is 6.08 Å². The maximum Gasteiger partial charge on any atom is 1.00 e. The van der Waals surface area contributed by atoms with Crippen LogP contribution in [0.4, 0.5) is 0 Å². The van der Waals surface area contributed by atoms with E-state index in [1.165, 1.54) is 31.3 Å². The van der Waals surface area contributed by atoms with Crippen molar-refractivity contribution in [2.75, 3.05) is 0 Å². The molecule has 3 aliphatic rings. The first-order valence-corrected chi connectivity index (χ1v) is 15.4. The van der Waals surface area contributed by atoms with Gasteiger partial charge in [-0.3, -0.25) is 8.42 Å². The third-order valence-corrected chi connectivity index (χ3v) is 9.64. The van der Waals surface area contributed by atoms with Gasteiger partial charge in [-0.25, -0.2) is 0 Å². The summed E-state index contributed by atoms with van der Waals surface area (Å²) in [4.78, 5) is 0. The SMILES string of the molecule is CC1=CCC2C(C)(C)CCCC2(C)C1CC(O)C(C)CCCC1(C)C=Cc2ccccc2O1.O=S(=O)([O-])[O-].[Na+]. The van der Waals surface area contributed by atoms with Crippen LogP contribution >= 0.6 is 0 Å². The largest absolute Gasteiger partial charge is 1.00 e. The average Bonchev–Trinajstić information content (AvgIpc) is 2.79. The first-order valence-electron chi connectivity index (χ1n) is 14.0. The Bertz CT molecular complexity index is 1120. The van der Waals surface area contributed by atoms with Gasteiger partial charge in [-0.1, -0.05) is 70.0 Å². The molecule has 1 saturated carbocycles. The van der Waals surface area contributed by atoms with E-state index in [-0.39, 0.29) is 41.3 Å². The normalized spacial score (nSPS) is 30.6. The van der Waals surface area contributed by atoms with Gasteiger partial charge in [-0.2, -0.15) is 0 Å². The first-order chi connectivity index (χ1) is 17.5. The van der Waals surface area contributed by atoms with Crippen molar-refractivity contribution in [1.82, 2.24) is 0 Å². The molecule has 6 atom stereocenters. The maximum atomic E-state index is 11.3. The number of hydrogen-bond acceptors (Lipinski definition) is 6. The fourth-order valence-electron chi connectivity index (χ4n) is 7.43. The zero-order valence-electron chi connectivity index (χ0n) is 24.9. The number of rotatable bonds is 7. The molecular formula is C31H46NaO6S-. The predicted octanol–water partition coefficient (Wildman–Crippen LogP) is 3.87. The van der Waals surface area contributed by atoms with Crippen LogP contribution in [0.1, 0.15) is 98.5 Å². The molecule has 1 N–H and O–H groups in total. The minimum Gasteiger partial charge on any atom is -0.759 e. The molecule has 0 bridgehead atoms. The van der Waals surface area contributed by atoms with Crippen molar-refractivity contribution in [2.45, 2.75) is 105 Å². The van der Waals surface area contributed by atoms with E-state index in [0.717, 1.165) is 42.9 Å². The Labute approximate surface area is 258 Å². The number of ether oxygens (including phenoxy) is 1. The van der Waals surface area contributed by atoms with Crippen LogP contribution in [-0.4, -0.2) is 34.3 Å². The van der Waals surface area contributed by atoms with Crippen LogP contribution in [0.5, 0.6) is 5.75 Å². The van der Waals surface area contributed by atoms with Crippen molar-refractivity contribution < 1.29 is 56.9 Å². The molecular weight excluding hydrogens is 523 g/mol. The van der Waals surface area contributed by atoms with Crippen molar-refractivity contribution >= 4 is 16.5 Å². The van der Waals surface area contributed by atoms with E-state index < -0.39 is 10.4 Å². The smallest absolute Gasteiger partial charge is 0.759 e. The van der Waals surface area contributed by atoms with E-state index in [4.69, 9.17) is 22.3 Å².